The summed E-state index contributed by atoms with van der Waals surface area (Å²) >= 11 is 1.57. The van der Waals surface area contributed by atoms with Crippen LogP contribution in [0.25, 0.3) is 0 Å². The largest absolute Gasteiger partial charge is 0.324 e. The molecular weight excluding hydrogens is 242 g/mol. The summed E-state index contributed by atoms with van der Waals surface area (Å²) in [4.78, 5) is 9.74. The molecule has 0 bridgehead atoms. The van der Waals surface area contributed by atoms with Crippen LogP contribution in [-0.4, -0.2) is 9.97 Å². The van der Waals surface area contributed by atoms with Crippen molar-refractivity contribution < 1.29 is 0 Å². The maximum absolute atomic E-state index is 5.99. The van der Waals surface area contributed by atoms with Gasteiger partial charge in [0, 0.05) is 22.8 Å². The van der Waals surface area contributed by atoms with E-state index in [2.05, 4.69) is 41.2 Å². The molecule has 2 aromatic rings. The van der Waals surface area contributed by atoms with Crippen molar-refractivity contribution in [2.24, 2.45) is 5.73 Å². The van der Waals surface area contributed by atoms with E-state index in [4.69, 9.17) is 5.73 Å². The van der Waals surface area contributed by atoms with E-state index in [0.717, 1.165) is 22.2 Å². The number of nitrogens with zero attached hydrogens (tertiary/aromatic N) is 2. The Morgan fingerprint density at radius 1 is 1.22 bits per heavy atom. The minimum Gasteiger partial charge on any atom is -0.324 e. The lowest BCUT2D eigenvalue weighted by atomic mass is 10.1. The quantitative estimate of drug-likeness (QED) is 0.856. The van der Waals surface area contributed by atoms with Crippen molar-refractivity contribution >= 4 is 11.8 Å². The van der Waals surface area contributed by atoms with Gasteiger partial charge >= 0.3 is 0 Å². The van der Waals surface area contributed by atoms with E-state index in [1.807, 2.05) is 13.0 Å². The van der Waals surface area contributed by atoms with Gasteiger partial charge in [0.2, 0.25) is 0 Å². The molecule has 18 heavy (non-hydrogen) atoms. The van der Waals surface area contributed by atoms with E-state index in [0.29, 0.717) is 0 Å². The fraction of sp³-hybridized carbons (Fsp3) is 0.286. The maximum atomic E-state index is 5.99. The minimum atomic E-state index is 0.124. The molecule has 0 spiro atoms. The standard InChI is InChI=1S/C14H17N3S/c1-3-13(15)11-4-6-12(7-5-11)18-14-16-9-8-10(2)17-14/h4-9,13H,3,15H2,1-2H3. The summed E-state index contributed by atoms with van der Waals surface area (Å²) in [6.45, 7) is 4.06. The average Bonchev–Trinajstić information content (AvgIpc) is 2.39. The van der Waals surface area contributed by atoms with Gasteiger partial charge in [-0.05, 0) is 48.9 Å². The second-order valence-corrected chi connectivity index (χ2v) is 5.21. The van der Waals surface area contributed by atoms with Gasteiger partial charge in [0.15, 0.2) is 5.16 Å². The molecule has 1 atom stereocenters. The van der Waals surface area contributed by atoms with Crippen molar-refractivity contribution in [1.82, 2.24) is 9.97 Å². The molecule has 0 aliphatic rings. The van der Waals surface area contributed by atoms with Crippen molar-refractivity contribution in [2.45, 2.75) is 36.4 Å². The summed E-state index contributed by atoms with van der Waals surface area (Å²) in [5.41, 5.74) is 8.14. The third-order valence-electron chi connectivity index (χ3n) is 2.73. The van der Waals surface area contributed by atoms with E-state index >= 15 is 0 Å². The van der Waals surface area contributed by atoms with Crippen molar-refractivity contribution in [3.63, 3.8) is 0 Å². The number of rotatable bonds is 4. The molecule has 1 heterocycles. The summed E-state index contributed by atoms with van der Waals surface area (Å²) in [6.07, 6.45) is 2.74. The Morgan fingerprint density at radius 3 is 2.56 bits per heavy atom. The second-order valence-electron chi connectivity index (χ2n) is 4.17. The number of benzene rings is 1. The molecule has 0 amide bonds. The van der Waals surface area contributed by atoms with Crippen LogP contribution in [0.4, 0.5) is 0 Å². The van der Waals surface area contributed by atoms with Gasteiger partial charge in [-0.25, -0.2) is 9.97 Å². The Morgan fingerprint density at radius 2 is 1.94 bits per heavy atom. The molecule has 0 fully saturated rings. The van der Waals surface area contributed by atoms with Crippen LogP contribution in [0.15, 0.2) is 46.6 Å². The zero-order valence-corrected chi connectivity index (χ0v) is 11.4. The van der Waals surface area contributed by atoms with E-state index in [1.165, 1.54) is 5.56 Å². The molecule has 4 heteroatoms. The van der Waals surface area contributed by atoms with Crippen molar-refractivity contribution in [3.8, 4) is 0 Å². The van der Waals surface area contributed by atoms with Crippen LogP contribution >= 0.6 is 11.8 Å². The van der Waals surface area contributed by atoms with Gasteiger partial charge in [-0.2, -0.15) is 0 Å². The maximum Gasteiger partial charge on any atom is 0.192 e. The van der Waals surface area contributed by atoms with Crippen LogP contribution in [0.5, 0.6) is 0 Å². The molecule has 2 rings (SSSR count). The molecule has 0 aliphatic carbocycles. The Bertz CT molecular complexity index is 511. The Balaban J connectivity index is 2.11. The molecule has 0 radical (unpaired) electrons. The van der Waals surface area contributed by atoms with Gasteiger partial charge in [-0.3, -0.25) is 0 Å². The monoisotopic (exact) mass is 259 g/mol. The lowest BCUT2D eigenvalue weighted by Gasteiger charge is -2.09. The molecule has 2 N–H and O–H groups in total. The first kappa shape index (κ1) is 13.1. The minimum absolute atomic E-state index is 0.124. The number of aromatic nitrogens is 2. The number of hydrogen-bond acceptors (Lipinski definition) is 4. The summed E-state index contributed by atoms with van der Waals surface area (Å²) in [5, 5.41) is 0.780. The molecule has 0 aliphatic heterocycles. The van der Waals surface area contributed by atoms with Crippen LogP contribution in [-0.2, 0) is 0 Å². The highest BCUT2D eigenvalue weighted by molar-refractivity contribution is 7.99. The van der Waals surface area contributed by atoms with Gasteiger partial charge < -0.3 is 5.73 Å². The molecule has 1 aromatic carbocycles. The fourth-order valence-corrected chi connectivity index (χ4v) is 2.39. The normalized spacial score (nSPS) is 12.4. The molecule has 3 nitrogen and oxygen atoms in total. The summed E-state index contributed by atoms with van der Waals surface area (Å²) in [7, 11) is 0. The summed E-state index contributed by atoms with van der Waals surface area (Å²) < 4.78 is 0. The first-order valence-corrected chi connectivity index (χ1v) is 6.83. The van der Waals surface area contributed by atoms with E-state index in [1.54, 1.807) is 18.0 Å². The van der Waals surface area contributed by atoms with Gasteiger partial charge in [-0.1, -0.05) is 19.1 Å². The van der Waals surface area contributed by atoms with Crippen molar-refractivity contribution in [1.29, 1.82) is 0 Å². The van der Waals surface area contributed by atoms with E-state index in [-0.39, 0.29) is 6.04 Å². The van der Waals surface area contributed by atoms with Crippen LogP contribution in [0.1, 0.15) is 30.6 Å². The Hall–Kier alpha value is -1.39. The number of aryl methyl sites for hydroxylation is 1. The third kappa shape index (κ3) is 3.31. The molecule has 0 saturated heterocycles. The highest BCUT2D eigenvalue weighted by atomic mass is 32.2. The van der Waals surface area contributed by atoms with Crippen LogP contribution in [0.3, 0.4) is 0 Å². The lowest BCUT2D eigenvalue weighted by molar-refractivity contribution is 0.698. The van der Waals surface area contributed by atoms with Crippen LogP contribution in [0, 0.1) is 6.92 Å². The highest BCUT2D eigenvalue weighted by Crippen LogP contribution is 2.26. The SMILES string of the molecule is CCC(N)c1ccc(Sc2nccc(C)n2)cc1. The topological polar surface area (TPSA) is 51.8 Å². The van der Waals surface area contributed by atoms with Gasteiger partial charge in [-0.15, -0.1) is 0 Å². The van der Waals surface area contributed by atoms with E-state index < -0.39 is 0 Å². The van der Waals surface area contributed by atoms with Gasteiger partial charge in [0.1, 0.15) is 0 Å². The molecular formula is C14H17N3S. The molecule has 0 saturated carbocycles. The predicted molar refractivity (Wildman–Crippen MR) is 74.6 cm³/mol. The van der Waals surface area contributed by atoms with Crippen molar-refractivity contribution in [3.05, 3.63) is 47.8 Å². The first-order chi connectivity index (χ1) is 8.69. The smallest absolute Gasteiger partial charge is 0.192 e. The van der Waals surface area contributed by atoms with Crippen molar-refractivity contribution in [2.75, 3.05) is 0 Å². The Kier molecular flexibility index (Phi) is 4.33. The third-order valence-corrected chi connectivity index (χ3v) is 3.62. The molecule has 94 valence electrons. The number of nitrogens with two attached hydrogens (primary N) is 1. The second kappa shape index (κ2) is 5.98. The number of hydrogen-bond donors (Lipinski definition) is 1. The Labute approximate surface area is 112 Å². The van der Waals surface area contributed by atoms with Gasteiger partial charge in [0.25, 0.3) is 0 Å². The summed E-state index contributed by atoms with van der Waals surface area (Å²) in [5.74, 6) is 0. The average molecular weight is 259 g/mol. The first-order valence-electron chi connectivity index (χ1n) is 6.02. The summed E-state index contributed by atoms with van der Waals surface area (Å²) in [6, 6.07) is 10.3. The van der Waals surface area contributed by atoms with Crippen LogP contribution < -0.4 is 5.73 Å². The molecule has 1 aromatic heterocycles. The predicted octanol–water partition coefficient (Wildman–Crippen LogP) is 3.35. The lowest BCUT2D eigenvalue weighted by Crippen LogP contribution is -2.07. The zero-order chi connectivity index (χ0) is 13.0. The fourth-order valence-electron chi connectivity index (χ4n) is 1.60. The highest BCUT2D eigenvalue weighted by Gasteiger charge is 2.04. The van der Waals surface area contributed by atoms with E-state index in [9.17, 15) is 0 Å². The molecule has 1 unspecified atom stereocenters. The van der Waals surface area contributed by atoms with Crippen LogP contribution in [0.2, 0.25) is 0 Å². The zero-order valence-electron chi connectivity index (χ0n) is 10.6. The van der Waals surface area contributed by atoms with Gasteiger partial charge in [0.05, 0.1) is 0 Å².